The molecule has 2 heteroatoms. The first kappa shape index (κ1) is 13.0. The first-order valence-electron chi connectivity index (χ1n) is 7.77. The van der Waals surface area contributed by atoms with Crippen molar-refractivity contribution in [3.8, 4) is 5.75 Å². The zero-order valence-electron chi connectivity index (χ0n) is 12.0. The molecule has 0 aliphatic heterocycles. The molecule has 0 aromatic heterocycles. The summed E-state index contributed by atoms with van der Waals surface area (Å²) in [5.41, 5.74) is 2.74. The molecule has 0 amide bonds. The normalized spacial score (nSPS) is 33.6. The summed E-state index contributed by atoms with van der Waals surface area (Å²) in [5.74, 6) is 2.10. The highest BCUT2D eigenvalue weighted by molar-refractivity contribution is 5.40. The van der Waals surface area contributed by atoms with Crippen molar-refractivity contribution in [1.29, 1.82) is 0 Å². The monoisotopic (exact) mass is 259 g/mol. The lowest BCUT2D eigenvalue weighted by atomic mass is 9.93. The number of aryl methyl sites for hydroxylation is 1. The minimum atomic E-state index is 0.402. The molecule has 1 aromatic carbocycles. The molecule has 2 aliphatic carbocycles. The highest BCUT2D eigenvalue weighted by atomic mass is 16.3. The van der Waals surface area contributed by atoms with Gasteiger partial charge in [-0.05, 0) is 60.8 Å². The fourth-order valence-corrected chi connectivity index (χ4v) is 4.09. The van der Waals surface area contributed by atoms with Gasteiger partial charge in [-0.2, -0.15) is 0 Å². The standard InChI is InChI=1S/C17H25NO/c1-3-12-4-8-16(11(12)2)18-17-9-5-13-10-14(19)6-7-15(13)17/h6-7,10-12,16-19H,3-5,8-9H2,1-2H3. The summed E-state index contributed by atoms with van der Waals surface area (Å²) in [6, 6.07) is 7.04. The van der Waals surface area contributed by atoms with Crippen molar-refractivity contribution in [2.45, 2.75) is 58.0 Å². The van der Waals surface area contributed by atoms with E-state index in [-0.39, 0.29) is 0 Å². The summed E-state index contributed by atoms with van der Waals surface area (Å²) < 4.78 is 0. The van der Waals surface area contributed by atoms with Gasteiger partial charge in [-0.25, -0.2) is 0 Å². The Kier molecular flexibility index (Phi) is 3.53. The molecular weight excluding hydrogens is 234 g/mol. The van der Waals surface area contributed by atoms with Gasteiger partial charge >= 0.3 is 0 Å². The second-order valence-electron chi connectivity index (χ2n) is 6.35. The van der Waals surface area contributed by atoms with Gasteiger partial charge in [-0.15, -0.1) is 0 Å². The summed E-state index contributed by atoms with van der Waals surface area (Å²) in [5, 5.41) is 13.4. The van der Waals surface area contributed by atoms with Gasteiger partial charge in [0, 0.05) is 12.1 Å². The molecule has 3 rings (SSSR count). The molecule has 0 radical (unpaired) electrons. The number of phenolic OH excluding ortho intramolecular Hbond substituents is 1. The van der Waals surface area contributed by atoms with Crippen molar-refractivity contribution in [2.24, 2.45) is 11.8 Å². The van der Waals surface area contributed by atoms with E-state index in [0.29, 0.717) is 17.8 Å². The maximum absolute atomic E-state index is 9.56. The van der Waals surface area contributed by atoms with E-state index >= 15 is 0 Å². The molecule has 19 heavy (non-hydrogen) atoms. The third-order valence-electron chi connectivity index (χ3n) is 5.37. The fourth-order valence-electron chi connectivity index (χ4n) is 4.09. The number of nitrogens with one attached hydrogen (secondary N) is 1. The smallest absolute Gasteiger partial charge is 0.115 e. The number of fused-ring (bicyclic) bond motifs is 1. The Morgan fingerprint density at radius 1 is 1.26 bits per heavy atom. The molecule has 0 bridgehead atoms. The molecule has 0 spiro atoms. The highest BCUT2D eigenvalue weighted by Crippen LogP contribution is 2.38. The van der Waals surface area contributed by atoms with Gasteiger partial charge < -0.3 is 10.4 Å². The SMILES string of the molecule is CCC1CCC(NC2CCc3cc(O)ccc32)C1C. The third-order valence-corrected chi connectivity index (χ3v) is 5.37. The molecule has 2 aliphatic rings. The third kappa shape index (κ3) is 2.38. The number of phenols is 1. The lowest BCUT2D eigenvalue weighted by Crippen LogP contribution is -2.35. The van der Waals surface area contributed by atoms with Crippen LogP contribution in [0.4, 0.5) is 0 Å². The van der Waals surface area contributed by atoms with Crippen LogP contribution in [0, 0.1) is 11.8 Å². The molecule has 2 N–H and O–H groups in total. The maximum atomic E-state index is 9.56. The Hall–Kier alpha value is -1.02. The lowest BCUT2D eigenvalue weighted by Gasteiger charge is -2.25. The Morgan fingerprint density at radius 3 is 2.84 bits per heavy atom. The van der Waals surface area contributed by atoms with E-state index in [1.165, 1.54) is 36.8 Å². The predicted molar refractivity (Wildman–Crippen MR) is 78.3 cm³/mol. The molecule has 104 valence electrons. The van der Waals surface area contributed by atoms with Crippen molar-refractivity contribution in [1.82, 2.24) is 5.32 Å². The second-order valence-corrected chi connectivity index (χ2v) is 6.35. The van der Waals surface area contributed by atoms with Gasteiger partial charge in [-0.1, -0.05) is 26.3 Å². The van der Waals surface area contributed by atoms with Crippen LogP contribution in [0.5, 0.6) is 5.75 Å². The first-order chi connectivity index (χ1) is 9.19. The van der Waals surface area contributed by atoms with Crippen LogP contribution >= 0.6 is 0 Å². The number of hydrogen-bond donors (Lipinski definition) is 2. The van der Waals surface area contributed by atoms with Gasteiger partial charge in [0.05, 0.1) is 0 Å². The van der Waals surface area contributed by atoms with E-state index < -0.39 is 0 Å². The van der Waals surface area contributed by atoms with Crippen molar-refractivity contribution >= 4 is 0 Å². The van der Waals surface area contributed by atoms with Gasteiger partial charge in [-0.3, -0.25) is 0 Å². The van der Waals surface area contributed by atoms with Crippen molar-refractivity contribution in [2.75, 3.05) is 0 Å². The fraction of sp³-hybridized carbons (Fsp3) is 0.647. The van der Waals surface area contributed by atoms with Gasteiger partial charge in [0.2, 0.25) is 0 Å². The van der Waals surface area contributed by atoms with E-state index in [1.807, 2.05) is 12.1 Å². The molecule has 1 fully saturated rings. The van der Waals surface area contributed by atoms with E-state index in [1.54, 1.807) is 0 Å². The van der Waals surface area contributed by atoms with Crippen LogP contribution in [0.15, 0.2) is 18.2 Å². The molecule has 4 unspecified atom stereocenters. The zero-order chi connectivity index (χ0) is 13.4. The van der Waals surface area contributed by atoms with Gasteiger partial charge in [0.25, 0.3) is 0 Å². The van der Waals surface area contributed by atoms with E-state index in [2.05, 4.69) is 25.2 Å². The molecule has 2 nitrogen and oxygen atoms in total. The summed E-state index contributed by atoms with van der Waals surface area (Å²) in [6.45, 7) is 4.72. The van der Waals surface area contributed by atoms with E-state index in [4.69, 9.17) is 0 Å². The Bertz CT molecular complexity index is 457. The quantitative estimate of drug-likeness (QED) is 0.865. The zero-order valence-corrected chi connectivity index (χ0v) is 12.0. The van der Waals surface area contributed by atoms with Crippen LogP contribution < -0.4 is 5.32 Å². The van der Waals surface area contributed by atoms with Crippen molar-refractivity contribution in [3.63, 3.8) is 0 Å². The van der Waals surface area contributed by atoms with Crippen LogP contribution in [0.25, 0.3) is 0 Å². The summed E-state index contributed by atoms with van der Waals surface area (Å²) in [6.07, 6.45) is 6.29. The Balaban J connectivity index is 1.70. The first-order valence-corrected chi connectivity index (χ1v) is 7.77. The van der Waals surface area contributed by atoms with Crippen molar-refractivity contribution < 1.29 is 5.11 Å². The van der Waals surface area contributed by atoms with Gasteiger partial charge in [0.15, 0.2) is 0 Å². The summed E-state index contributed by atoms with van der Waals surface area (Å²) >= 11 is 0. The second kappa shape index (κ2) is 5.16. The Morgan fingerprint density at radius 2 is 2.11 bits per heavy atom. The number of rotatable bonds is 3. The molecule has 0 saturated heterocycles. The Labute approximate surface area is 116 Å². The average Bonchev–Trinajstić information content (AvgIpc) is 2.95. The highest BCUT2D eigenvalue weighted by Gasteiger charge is 2.34. The van der Waals surface area contributed by atoms with E-state index in [0.717, 1.165) is 18.3 Å². The molecule has 4 atom stereocenters. The van der Waals surface area contributed by atoms with E-state index in [9.17, 15) is 5.11 Å². The van der Waals surface area contributed by atoms with Crippen LogP contribution in [-0.4, -0.2) is 11.1 Å². The number of hydrogen-bond acceptors (Lipinski definition) is 2. The lowest BCUT2D eigenvalue weighted by molar-refractivity contribution is 0.320. The van der Waals surface area contributed by atoms with Crippen LogP contribution in [0.3, 0.4) is 0 Å². The summed E-state index contributed by atoms with van der Waals surface area (Å²) in [4.78, 5) is 0. The average molecular weight is 259 g/mol. The minimum absolute atomic E-state index is 0.402. The maximum Gasteiger partial charge on any atom is 0.115 e. The molecular formula is C17H25NO. The molecule has 1 aromatic rings. The largest absolute Gasteiger partial charge is 0.508 e. The molecule has 0 heterocycles. The van der Waals surface area contributed by atoms with Crippen molar-refractivity contribution in [3.05, 3.63) is 29.3 Å². The predicted octanol–water partition coefficient (Wildman–Crippen LogP) is 3.79. The van der Waals surface area contributed by atoms with Crippen LogP contribution in [0.1, 0.15) is 56.7 Å². The van der Waals surface area contributed by atoms with Crippen LogP contribution in [-0.2, 0) is 6.42 Å². The topological polar surface area (TPSA) is 32.3 Å². The van der Waals surface area contributed by atoms with Crippen LogP contribution in [0.2, 0.25) is 0 Å². The minimum Gasteiger partial charge on any atom is -0.508 e. The summed E-state index contributed by atoms with van der Waals surface area (Å²) in [7, 11) is 0. The van der Waals surface area contributed by atoms with Gasteiger partial charge in [0.1, 0.15) is 5.75 Å². The number of aromatic hydroxyl groups is 1. The molecule has 1 saturated carbocycles. The number of benzene rings is 1.